The average Bonchev–Trinajstić information content (AvgIpc) is 3.03. The fraction of sp³-hybridized carbons (Fsp3) is 0.500. The summed E-state index contributed by atoms with van der Waals surface area (Å²) in [5.41, 5.74) is 5.42. The van der Waals surface area contributed by atoms with Crippen molar-refractivity contribution in [2.24, 2.45) is 0 Å². The number of anilines is 1. The number of amides is 2. The van der Waals surface area contributed by atoms with E-state index < -0.39 is 0 Å². The van der Waals surface area contributed by atoms with E-state index in [-0.39, 0.29) is 12.1 Å². The van der Waals surface area contributed by atoms with Gasteiger partial charge in [-0.2, -0.15) is 0 Å². The normalized spacial score (nSPS) is 16.5. The van der Waals surface area contributed by atoms with Gasteiger partial charge in [-0.3, -0.25) is 0 Å². The summed E-state index contributed by atoms with van der Waals surface area (Å²) in [5.74, 6) is 1.56. The number of nitrogens with one attached hydrogen (secondary N) is 1. The van der Waals surface area contributed by atoms with Crippen molar-refractivity contribution in [3.05, 3.63) is 52.6 Å². The summed E-state index contributed by atoms with van der Waals surface area (Å²) in [7, 11) is 0. The minimum atomic E-state index is -0.0168. The second-order valence-corrected chi connectivity index (χ2v) is 8.96. The van der Waals surface area contributed by atoms with E-state index in [1.165, 1.54) is 31.2 Å². The van der Waals surface area contributed by atoms with Crippen LogP contribution in [0.25, 0.3) is 0 Å². The first-order valence-electron chi connectivity index (χ1n) is 11.6. The largest absolute Gasteiger partial charge is 0.486 e. The fourth-order valence-corrected chi connectivity index (χ4v) is 4.87. The van der Waals surface area contributed by atoms with Crippen LogP contribution in [0.5, 0.6) is 11.5 Å². The lowest BCUT2D eigenvalue weighted by molar-refractivity contribution is 0.168. The molecule has 5 nitrogen and oxygen atoms in total. The van der Waals surface area contributed by atoms with Crippen LogP contribution in [0.1, 0.15) is 60.8 Å². The third kappa shape index (κ3) is 5.15. The number of aryl methyl sites for hydroxylation is 3. The maximum Gasteiger partial charge on any atom is 0.322 e. The fourth-order valence-electron chi connectivity index (χ4n) is 4.87. The molecule has 0 spiro atoms. The van der Waals surface area contributed by atoms with E-state index in [1.807, 2.05) is 23.1 Å². The predicted octanol–water partition coefficient (Wildman–Crippen LogP) is 6.14. The zero-order chi connectivity index (χ0) is 21.8. The molecule has 31 heavy (non-hydrogen) atoms. The van der Waals surface area contributed by atoms with Gasteiger partial charge in [0.2, 0.25) is 0 Å². The molecule has 4 rings (SSSR count). The highest BCUT2D eigenvalue weighted by atomic mass is 16.6. The zero-order valence-corrected chi connectivity index (χ0v) is 19.0. The van der Waals surface area contributed by atoms with Crippen LogP contribution in [-0.2, 0) is 6.54 Å². The molecule has 0 aromatic heterocycles. The first kappa shape index (κ1) is 21.5. The van der Waals surface area contributed by atoms with Gasteiger partial charge in [-0.05, 0) is 62.4 Å². The number of hydrogen-bond donors (Lipinski definition) is 1. The molecule has 2 aromatic carbocycles. The molecule has 0 saturated heterocycles. The molecule has 1 fully saturated rings. The van der Waals surface area contributed by atoms with Crippen LogP contribution in [-0.4, -0.2) is 30.2 Å². The van der Waals surface area contributed by atoms with Crippen LogP contribution in [0.3, 0.4) is 0 Å². The summed E-state index contributed by atoms with van der Waals surface area (Å²) in [6, 6.07) is 10.5. The smallest absolute Gasteiger partial charge is 0.322 e. The van der Waals surface area contributed by atoms with E-state index in [2.05, 4.69) is 38.2 Å². The van der Waals surface area contributed by atoms with Gasteiger partial charge in [0.15, 0.2) is 11.5 Å². The Hall–Kier alpha value is -2.69. The van der Waals surface area contributed by atoms with Crippen molar-refractivity contribution in [1.82, 2.24) is 4.90 Å². The molecule has 166 valence electrons. The number of carbonyl (C=O) groups is 1. The Bertz CT molecular complexity index is 909. The third-order valence-electron chi connectivity index (χ3n) is 6.39. The summed E-state index contributed by atoms with van der Waals surface area (Å²) in [6.07, 6.45) is 6.99. The molecule has 1 aliphatic carbocycles. The predicted molar refractivity (Wildman–Crippen MR) is 124 cm³/mol. The van der Waals surface area contributed by atoms with Crippen LogP contribution in [0.2, 0.25) is 0 Å². The molecule has 1 saturated carbocycles. The van der Waals surface area contributed by atoms with Crippen molar-refractivity contribution in [3.8, 4) is 11.5 Å². The van der Waals surface area contributed by atoms with Crippen LogP contribution < -0.4 is 14.8 Å². The Morgan fingerprint density at radius 2 is 1.58 bits per heavy atom. The van der Waals surface area contributed by atoms with Gasteiger partial charge in [0.25, 0.3) is 0 Å². The third-order valence-corrected chi connectivity index (χ3v) is 6.39. The number of fused-ring (bicyclic) bond motifs is 1. The maximum absolute atomic E-state index is 13.6. The molecule has 0 radical (unpaired) electrons. The maximum atomic E-state index is 13.6. The minimum absolute atomic E-state index is 0.0168. The Kier molecular flexibility index (Phi) is 6.69. The molecule has 1 N–H and O–H groups in total. The van der Waals surface area contributed by atoms with Crippen molar-refractivity contribution in [2.75, 3.05) is 18.5 Å². The number of nitrogens with zero attached hydrogens (tertiary/aromatic N) is 1. The molecule has 1 aliphatic heterocycles. The quantitative estimate of drug-likeness (QED) is 0.602. The second kappa shape index (κ2) is 9.63. The van der Waals surface area contributed by atoms with Gasteiger partial charge in [0.1, 0.15) is 13.2 Å². The van der Waals surface area contributed by atoms with Crippen LogP contribution >= 0.6 is 0 Å². The Labute approximate surface area is 185 Å². The molecule has 2 aliphatic rings. The Morgan fingerprint density at radius 1 is 0.935 bits per heavy atom. The van der Waals surface area contributed by atoms with Gasteiger partial charge < -0.3 is 19.7 Å². The van der Waals surface area contributed by atoms with Crippen LogP contribution in [0.15, 0.2) is 30.3 Å². The first-order chi connectivity index (χ1) is 15.0. The van der Waals surface area contributed by atoms with E-state index in [9.17, 15) is 4.79 Å². The first-order valence-corrected chi connectivity index (χ1v) is 11.6. The number of hydrogen-bond acceptors (Lipinski definition) is 3. The summed E-state index contributed by atoms with van der Waals surface area (Å²) in [4.78, 5) is 15.6. The number of rotatable bonds is 4. The monoisotopic (exact) mass is 422 g/mol. The lowest BCUT2D eigenvalue weighted by Gasteiger charge is -2.32. The molecule has 0 unspecified atom stereocenters. The zero-order valence-electron chi connectivity index (χ0n) is 19.0. The molecule has 2 amide bonds. The molecular weight excluding hydrogens is 388 g/mol. The van der Waals surface area contributed by atoms with Gasteiger partial charge in [-0.1, -0.05) is 49.4 Å². The SMILES string of the molecule is Cc1cc(C)c(NC(=O)N(Cc2ccc3c(c2)OCCO3)C2CCCCCC2)c(C)c1. The lowest BCUT2D eigenvalue weighted by atomic mass is 10.0. The number of benzene rings is 2. The number of ether oxygens (including phenoxy) is 2. The molecule has 0 atom stereocenters. The molecule has 1 heterocycles. The molecule has 2 aromatic rings. The van der Waals surface area contributed by atoms with Crippen molar-refractivity contribution in [1.29, 1.82) is 0 Å². The van der Waals surface area contributed by atoms with Crippen molar-refractivity contribution >= 4 is 11.7 Å². The summed E-state index contributed by atoms with van der Waals surface area (Å²) in [5, 5.41) is 3.24. The van der Waals surface area contributed by atoms with Crippen molar-refractivity contribution in [2.45, 2.75) is 71.9 Å². The summed E-state index contributed by atoms with van der Waals surface area (Å²) in [6.45, 7) is 7.93. The Balaban J connectivity index is 1.59. The summed E-state index contributed by atoms with van der Waals surface area (Å²) < 4.78 is 11.4. The van der Waals surface area contributed by atoms with Crippen LogP contribution in [0.4, 0.5) is 10.5 Å². The van der Waals surface area contributed by atoms with Gasteiger partial charge >= 0.3 is 6.03 Å². The van der Waals surface area contributed by atoms with Gasteiger partial charge in [-0.15, -0.1) is 0 Å². The highest BCUT2D eigenvalue weighted by molar-refractivity contribution is 5.91. The minimum Gasteiger partial charge on any atom is -0.486 e. The molecule has 5 heteroatoms. The lowest BCUT2D eigenvalue weighted by Crippen LogP contribution is -2.42. The summed E-state index contributed by atoms with van der Waals surface area (Å²) >= 11 is 0. The van der Waals surface area contributed by atoms with Crippen molar-refractivity contribution in [3.63, 3.8) is 0 Å². The Morgan fingerprint density at radius 3 is 2.26 bits per heavy atom. The standard InChI is InChI=1S/C26H34N2O3/c1-18-14-19(2)25(20(3)15-18)27-26(29)28(22-8-6-4-5-7-9-22)17-21-10-11-23-24(16-21)31-13-12-30-23/h10-11,14-16,22H,4-9,12-13,17H2,1-3H3,(H,27,29). The van der Waals surface area contributed by atoms with Crippen LogP contribution in [0, 0.1) is 20.8 Å². The topological polar surface area (TPSA) is 50.8 Å². The van der Waals surface area contributed by atoms with E-state index in [0.717, 1.165) is 46.7 Å². The molecule has 0 bridgehead atoms. The van der Waals surface area contributed by atoms with E-state index in [4.69, 9.17) is 9.47 Å². The van der Waals surface area contributed by atoms with Gasteiger partial charge in [-0.25, -0.2) is 4.79 Å². The average molecular weight is 423 g/mol. The molecular formula is C26H34N2O3. The van der Waals surface area contributed by atoms with Gasteiger partial charge in [0.05, 0.1) is 0 Å². The van der Waals surface area contributed by atoms with Crippen molar-refractivity contribution < 1.29 is 14.3 Å². The highest BCUT2D eigenvalue weighted by Gasteiger charge is 2.26. The highest BCUT2D eigenvalue weighted by Crippen LogP contribution is 2.32. The number of carbonyl (C=O) groups excluding carboxylic acids is 1. The van der Waals surface area contributed by atoms with E-state index in [0.29, 0.717) is 19.8 Å². The van der Waals surface area contributed by atoms with E-state index in [1.54, 1.807) is 0 Å². The number of urea groups is 1. The van der Waals surface area contributed by atoms with E-state index >= 15 is 0 Å². The second-order valence-electron chi connectivity index (χ2n) is 8.96. The van der Waals surface area contributed by atoms with Gasteiger partial charge in [0, 0.05) is 18.3 Å².